The minimum Gasteiger partial charge on any atom is -0.353 e. The molecule has 0 spiro atoms. The number of hydrogen-bond donors (Lipinski definition) is 1. The molecule has 0 radical (unpaired) electrons. The van der Waals surface area contributed by atoms with E-state index in [2.05, 4.69) is 4.98 Å². The largest absolute Gasteiger partial charge is 0.353 e. The van der Waals surface area contributed by atoms with E-state index in [9.17, 15) is 4.39 Å². The lowest BCUT2D eigenvalue weighted by Crippen LogP contribution is -1.78. The van der Waals surface area contributed by atoms with Gasteiger partial charge in [0.05, 0.1) is 10.5 Å². The molecule has 0 aliphatic heterocycles. The molecule has 3 aromatic rings. The lowest BCUT2D eigenvalue weighted by molar-refractivity contribution is 0.628. The van der Waals surface area contributed by atoms with Crippen LogP contribution in [0.3, 0.4) is 0 Å². The van der Waals surface area contributed by atoms with E-state index >= 15 is 0 Å². The van der Waals surface area contributed by atoms with Gasteiger partial charge in [0.25, 0.3) is 0 Å². The predicted molar refractivity (Wildman–Crippen MR) is 73.7 cm³/mol. The average Bonchev–Trinajstić information content (AvgIpc) is 2.74. The van der Waals surface area contributed by atoms with Crippen LogP contribution in [0, 0.1) is 5.82 Å². The molecule has 1 N–H and O–H groups in total. The zero-order valence-electron chi connectivity index (χ0n) is 9.18. The van der Waals surface area contributed by atoms with Crippen molar-refractivity contribution in [3.63, 3.8) is 0 Å². The Kier molecular flexibility index (Phi) is 2.77. The molecule has 0 amide bonds. The van der Waals surface area contributed by atoms with Gasteiger partial charge in [0, 0.05) is 16.1 Å². The lowest BCUT2D eigenvalue weighted by atomic mass is 10.1. The fraction of sp³-hybridized carbons (Fsp3) is 0. The van der Waals surface area contributed by atoms with E-state index in [0.717, 1.165) is 22.2 Å². The molecule has 1 nitrogen and oxygen atoms in total. The Hall–Kier alpha value is -1.51. The van der Waals surface area contributed by atoms with Crippen LogP contribution in [0.25, 0.3) is 22.2 Å². The van der Waals surface area contributed by atoms with Gasteiger partial charge in [-0.2, -0.15) is 0 Å². The molecule has 1 aromatic heterocycles. The molecular weight excluding hydrogens is 272 g/mol. The molecule has 18 heavy (non-hydrogen) atoms. The Labute approximate surface area is 113 Å². The van der Waals surface area contributed by atoms with Gasteiger partial charge in [0.1, 0.15) is 5.82 Å². The molecule has 0 aliphatic rings. The molecule has 90 valence electrons. The van der Waals surface area contributed by atoms with E-state index in [4.69, 9.17) is 23.2 Å². The number of benzene rings is 2. The fourth-order valence-corrected chi connectivity index (χ4v) is 2.51. The first-order chi connectivity index (χ1) is 8.63. The second kappa shape index (κ2) is 4.30. The third-order valence-electron chi connectivity index (χ3n) is 2.80. The minimum atomic E-state index is -0.254. The molecule has 0 saturated carbocycles. The van der Waals surface area contributed by atoms with Crippen LogP contribution in [-0.4, -0.2) is 4.98 Å². The number of H-pyrrole nitrogens is 1. The zero-order valence-corrected chi connectivity index (χ0v) is 10.7. The van der Waals surface area contributed by atoms with Crippen LogP contribution >= 0.6 is 23.2 Å². The summed E-state index contributed by atoms with van der Waals surface area (Å²) in [5.74, 6) is -0.254. The number of halogens is 3. The number of aromatic amines is 1. The lowest BCUT2D eigenvalue weighted by Gasteiger charge is -1.97. The monoisotopic (exact) mass is 279 g/mol. The van der Waals surface area contributed by atoms with E-state index in [0.29, 0.717) is 10.0 Å². The summed E-state index contributed by atoms with van der Waals surface area (Å²) >= 11 is 12.1. The summed E-state index contributed by atoms with van der Waals surface area (Å²) in [6.45, 7) is 0. The van der Waals surface area contributed by atoms with Gasteiger partial charge in [-0.1, -0.05) is 23.2 Å². The molecule has 0 fully saturated rings. The van der Waals surface area contributed by atoms with E-state index in [1.165, 1.54) is 12.1 Å². The van der Waals surface area contributed by atoms with Crippen molar-refractivity contribution in [3.8, 4) is 11.3 Å². The van der Waals surface area contributed by atoms with Crippen molar-refractivity contribution in [2.75, 3.05) is 0 Å². The standard InChI is InChI=1S/C14H8Cl2FN/c15-10-5-9-6-13(18-14(9)12(16)7-10)8-1-3-11(17)4-2-8/h1-7,18H. The highest BCUT2D eigenvalue weighted by molar-refractivity contribution is 6.38. The van der Waals surface area contributed by atoms with Gasteiger partial charge in [-0.05, 0) is 48.0 Å². The normalized spacial score (nSPS) is 11.1. The van der Waals surface area contributed by atoms with Crippen molar-refractivity contribution < 1.29 is 4.39 Å². The van der Waals surface area contributed by atoms with Crippen LogP contribution < -0.4 is 0 Å². The van der Waals surface area contributed by atoms with Crippen molar-refractivity contribution in [2.45, 2.75) is 0 Å². The van der Waals surface area contributed by atoms with Crippen molar-refractivity contribution in [1.82, 2.24) is 4.98 Å². The van der Waals surface area contributed by atoms with Gasteiger partial charge in [-0.15, -0.1) is 0 Å². The molecular formula is C14H8Cl2FN. The SMILES string of the molecule is Fc1ccc(-c2cc3cc(Cl)cc(Cl)c3[nH]2)cc1. The number of aromatic nitrogens is 1. The van der Waals surface area contributed by atoms with Gasteiger partial charge in [0.2, 0.25) is 0 Å². The molecule has 0 aliphatic carbocycles. The maximum Gasteiger partial charge on any atom is 0.123 e. The highest BCUT2D eigenvalue weighted by atomic mass is 35.5. The van der Waals surface area contributed by atoms with Crippen LogP contribution in [0.15, 0.2) is 42.5 Å². The molecule has 0 atom stereocenters. The number of rotatable bonds is 1. The second-order valence-electron chi connectivity index (χ2n) is 4.04. The predicted octanol–water partition coefficient (Wildman–Crippen LogP) is 5.28. The number of fused-ring (bicyclic) bond motifs is 1. The van der Waals surface area contributed by atoms with Crippen LogP contribution in [-0.2, 0) is 0 Å². The van der Waals surface area contributed by atoms with Gasteiger partial charge >= 0.3 is 0 Å². The quantitative estimate of drug-likeness (QED) is 0.624. The van der Waals surface area contributed by atoms with E-state index in [-0.39, 0.29) is 5.82 Å². The van der Waals surface area contributed by atoms with Gasteiger partial charge < -0.3 is 4.98 Å². The molecule has 3 rings (SSSR count). The summed E-state index contributed by atoms with van der Waals surface area (Å²) in [6.07, 6.45) is 0. The van der Waals surface area contributed by atoms with Crippen molar-refractivity contribution in [3.05, 3.63) is 58.3 Å². The van der Waals surface area contributed by atoms with Gasteiger partial charge in [-0.3, -0.25) is 0 Å². The van der Waals surface area contributed by atoms with Crippen LogP contribution in [0.5, 0.6) is 0 Å². The Balaban J connectivity index is 2.19. The molecule has 2 aromatic carbocycles. The van der Waals surface area contributed by atoms with E-state index in [1.54, 1.807) is 18.2 Å². The summed E-state index contributed by atoms with van der Waals surface area (Å²) in [7, 11) is 0. The first-order valence-corrected chi connectivity index (χ1v) is 6.13. The molecule has 0 saturated heterocycles. The van der Waals surface area contributed by atoms with Crippen molar-refractivity contribution in [1.29, 1.82) is 0 Å². The van der Waals surface area contributed by atoms with Gasteiger partial charge in [0.15, 0.2) is 0 Å². The number of hydrogen-bond acceptors (Lipinski definition) is 0. The highest BCUT2D eigenvalue weighted by Gasteiger charge is 2.07. The topological polar surface area (TPSA) is 15.8 Å². The second-order valence-corrected chi connectivity index (χ2v) is 4.89. The maximum atomic E-state index is 12.9. The average molecular weight is 280 g/mol. The third-order valence-corrected chi connectivity index (χ3v) is 3.32. The summed E-state index contributed by atoms with van der Waals surface area (Å²) in [6, 6.07) is 11.8. The van der Waals surface area contributed by atoms with Crippen LogP contribution in [0.1, 0.15) is 0 Å². The summed E-state index contributed by atoms with van der Waals surface area (Å²) in [4.78, 5) is 3.21. The van der Waals surface area contributed by atoms with Crippen LogP contribution in [0.4, 0.5) is 4.39 Å². The Morgan fingerprint density at radius 2 is 1.67 bits per heavy atom. The first kappa shape index (κ1) is 11.6. The molecule has 1 heterocycles. The molecule has 0 unspecified atom stereocenters. The fourth-order valence-electron chi connectivity index (χ4n) is 1.95. The van der Waals surface area contributed by atoms with Crippen molar-refractivity contribution in [2.24, 2.45) is 0 Å². The zero-order chi connectivity index (χ0) is 12.7. The molecule has 0 bridgehead atoms. The Bertz CT molecular complexity index is 716. The Morgan fingerprint density at radius 1 is 0.944 bits per heavy atom. The summed E-state index contributed by atoms with van der Waals surface area (Å²) in [5.41, 5.74) is 2.62. The van der Waals surface area contributed by atoms with E-state index < -0.39 is 0 Å². The first-order valence-electron chi connectivity index (χ1n) is 5.37. The summed E-state index contributed by atoms with van der Waals surface area (Å²) in [5, 5.41) is 2.11. The highest BCUT2D eigenvalue weighted by Crippen LogP contribution is 2.31. The van der Waals surface area contributed by atoms with Crippen LogP contribution in [0.2, 0.25) is 10.0 Å². The number of nitrogens with one attached hydrogen (secondary N) is 1. The minimum absolute atomic E-state index is 0.254. The third kappa shape index (κ3) is 1.98. The van der Waals surface area contributed by atoms with Crippen molar-refractivity contribution >= 4 is 34.1 Å². The maximum absolute atomic E-state index is 12.9. The Morgan fingerprint density at radius 3 is 2.39 bits per heavy atom. The molecule has 4 heteroatoms. The van der Waals surface area contributed by atoms with E-state index in [1.807, 2.05) is 12.1 Å². The van der Waals surface area contributed by atoms with Gasteiger partial charge in [-0.25, -0.2) is 4.39 Å². The summed E-state index contributed by atoms with van der Waals surface area (Å²) < 4.78 is 12.9. The smallest absolute Gasteiger partial charge is 0.123 e.